The van der Waals surface area contributed by atoms with Crippen molar-refractivity contribution in [3.05, 3.63) is 10.6 Å². The number of fused-ring (bicyclic) bond motifs is 2. The minimum Gasteiger partial charge on any atom is -0.396 e. The molecule has 33 heavy (non-hydrogen) atoms. The first-order chi connectivity index (χ1) is 15.3. The van der Waals surface area contributed by atoms with Crippen LogP contribution < -0.4 is 5.32 Å². The number of thiazole rings is 1. The molecule has 1 fully saturated rings. The summed E-state index contributed by atoms with van der Waals surface area (Å²) in [4.78, 5) is 33.0. The Labute approximate surface area is 201 Å². The number of hydrogen-bond acceptors (Lipinski definition) is 6. The standard InChI is InChI=1S/C25H37N3O4S/c1-8-11-28(7)19(31)12-15-20-16(33-22(26-20)27-21(32)23(2,3)4)13-17-24(15,5)10-9-18(30)25(17,6)14-29/h1,15,17-18,29-30H,9-14H2,2-7H3,(H,26,27,32)/t15-,17+,18-,24+,25+/m1/s1. The van der Waals surface area contributed by atoms with Gasteiger partial charge in [0.15, 0.2) is 5.13 Å². The molecule has 8 heteroatoms. The zero-order chi connectivity index (χ0) is 24.8. The molecule has 2 aliphatic rings. The highest BCUT2D eigenvalue weighted by Gasteiger charge is 2.59. The van der Waals surface area contributed by atoms with Crippen molar-refractivity contribution in [3.63, 3.8) is 0 Å². The zero-order valence-electron chi connectivity index (χ0n) is 20.6. The highest BCUT2D eigenvalue weighted by Crippen LogP contribution is 2.62. The number of aromatic nitrogens is 1. The molecule has 3 rings (SSSR count). The van der Waals surface area contributed by atoms with Gasteiger partial charge in [-0.05, 0) is 30.6 Å². The molecule has 2 aliphatic carbocycles. The Bertz CT molecular complexity index is 962. The molecule has 5 atom stereocenters. The van der Waals surface area contributed by atoms with Gasteiger partial charge in [-0.15, -0.1) is 17.8 Å². The summed E-state index contributed by atoms with van der Waals surface area (Å²) in [6.45, 7) is 9.75. The van der Waals surface area contributed by atoms with Gasteiger partial charge >= 0.3 is 0 Å². The monoisotopic (exact) mass is 475 g/mol. The van der Waals surface area contributed by atoms with Gasteiger partial charge in [0, 0.05) is 35.1 Å². The van der Waals surface area contributed by atoms with Crippen LogP contribution in [0.15, 0.2) is 0 Å². The molecule has 0 aliphatic heterocycles. The molecule has 0 saturated heterocycles. The fourth-order valence-electron chi connectivity index (χ4n) is 5.54. The van der Waals surface area contributed by atoms with Gasteiger partial charge in [0.2, 0.25) is 11.8 Å². The van der Waals surface area contributed by atoms with E-state index in [-0.39, 0.29) is 48.6 Å². The summed E-state index contributed by atoms with van der Waals surface area (Å²) < 4.78 is 0. The molecule has 1 aromatic rings. The number of carbonyl (C=O) groups is 2. The number of carbonyl (C=O) groups excluding carboxylic acids is 2. The summed E-state index contributed by atoms with van der Waals surface area (Å²) in [6, 6.07) is 0. The van der Waals surface area contributed by atoms with Crippen LogP contribution in [0.4, 0.5) is 5.13 Å². The van der Waals surface area contributed by atoms with Crippen molar-refractivity contribution in [2.24, 2.45) is 22.2 Å². The minimum absolute atomic E-state index is 0.0337. The molecule has 1 saturated carbocycles. The van der Waals surface area contributed by atoms with Crippen LogP contribution in [-0.2, 0) is 16.0 Å². The molecule has 2 amide bonds. The summed E-state index contributed by atoms with van der Waals surface area (Å²) in [5.74, 6) is 2.11. The van der Waals surface area contributed by atoms with Crippen LogP contribution in [0.1, 0.15) is 70.4 Å². The maximum atomic E-state index is 13.1. The summed E-state index contributed by atoms with van der Waals surface area (Å²) >= 11 is 1.43. The number of amides is 2. The lowest BCUT2D eigenvalue weighted by atomic mass is 9.47. The number of hydrogen-bond donors (Lipinski definition) is 3. The van der Waals surface area contributed by atoms with E-state index in [1.807, 2.05) is 27.7 Å². The van der Waals surface area contributed by atoms with Crippen LogP contribution in [0.2, 0.25) is 0 Å². The number of rotatable bonds is 5. The SMILES string of the molecule is C#CCN(C)C(=O)C[C@@H]1c2nc(NC(=O)C(C)(C)C)sc2C[C@@H]2[C@](C)(CO)[C@H](O)CC[C@]21C. The quantitative estimate of drug-likeness (QED) is 0.568. The maximum Gasteiger partial charge on any atom is 0.231 e. The molecule has 0 radical (unpaired) electrons. The average Bonchev–Trinajstić information content (AvgIpc) is 3.14. The summed E-state index contributed by atoms with van der Waals surface area (Å²) in [5, 5.41) is 24.7. The van der Waals surface area contributed by atoms with Gasteiger partial charge in [-0.25, -0.2) is 4.98 Å². The van der Waals surface area contributed by atoms with Crippen LogP contribution in [0, 0.1) is 34.5 Å². The number of nitrogens with one attached hydrogen (secondary N) is 1. The van der Waals surface area contributed by atoms with Crippen molar-refractivity contribution in [2.45, 2.75) is 72.3 Å². The van der Waals surface area contributed by atoms with Crippen LogP contribution in [0.5, 0.6) is 0 Å². The second-order valence-electron chi connectivity index (χ2n) is 11.2. The van der Waals surface area contributed by atoms with Crippen LogP contribution in [0.3, 0.4) is 0 Å². The van der Waals surface area contributed by atoms with Crippen molar-refractivity contribution < 1.29 is 19.8 Å². The third-order valence-corrected chi connectivity index (χ3v) is 8.94. The lowest BCUT2D eigenvalue weighted by molar-refractivity contribution is -0.146. The van der Waals surface area contributed by atoms with Crippen molar-refractivity contribution in [1.29, 1.82) is 0 Å². The van der Waals surface area contributed by atoms with Crippen molar-refractivity contribution >= 4 is 28.3 Å². The molecule has 0 unspecified atom stereocenters. The summed E-state index contributed by atoms with van der Waals surface area (Å²) in [5.41, 5.74) is -0.730. The van der Waals surface area contributed by atoms with Crippen LogP contribution in [-0.4, -0.2) is 58.2 Å². The van der Waals surface area contributed by atoms with E-state index in [9.17, 15) is 19.8 Å². The molecule has 0 spiro atoms. The molecular formula is C25H37N3O4S. The highest BCUT2D eigenvalue weighted by molar-refractivity contribution is 7.15. The van der Waals surface area contributed by atoms with E-state index < -0.39 is 16.9 Å². The van der Waals surface area contributed by atoms with E-state index in [1.165, 1.54) is 11.3 Å². The van der Waals surface area contributed by atoms with E-state index in [0.717, 1.165) is 17.0 Å². The minimum atomic E-state index is -0.685. The largest absolute Gasteiger partial charge is 0.396 e. The molecular weight excluding hydrogens is 438 g/mol. The smallest absolute Gasteiger partial charge is 0.231 e. The lowest BCUT2D eigenvalue weighted by Gasteiger charge is -2.58. The van der Waals surface area contributed by atoms with Gasteiger partial charge in [0.05, 0.1) is 24.9 Å². The Balaban J connectivity index is 2.06. The third-order valence-electron chi connectivity index (χ3n) is 7.93. The first-order valence-electron chi connectivity index (χ1n) is 11.5. The molecule has 1 aromatic heterocycles. The Morgan fingerprint density at radius 2 is 2.03 bits per heavy atom. The summed E-state index contributed by atoms with van der Waals surface area (Å²) in [6.07, 6.45) is 6.97. The topological polar surface area (TPSA) is 103 Å². The number of nitrogens with zero attached hydrogens (tertiary/aromatic N) is 2. The summed E-state index contributed by atoms with van der Waals surface area (Å²) in [7, 11) is 1.70. The number of aliphatic hydroxyl groups excluding tert-OH is 2. The molecule has 0 aromatic carbocycles. The van der Waals surface area contributed by atoms with Crippen LogP contribution >= 0.6 is 11.3 Å². The van der Waals surface area contributed by atoms with Gasteiger partial charge in [-0.2, -0.15) is 0 Å². The number of anilines is 1. The van der Waals surface area contributed by atoms with E-state index in [4.69, 9.17) is 11.4 Å². The van der Waals surface area contributed by atoms with E-state index >= 15 is 0 Å². The van der Waals surface area contributed by atoms with E-state index in [1.54, 1.807) is 11.9 Å². The first kappa shape index (κ1) is 25.7. The van der Waals surface area contributed by atoms with Crippen molar-refractivity contribution in [2.75, 3.05) is 25.5 Å². The fraction of sp³-hybridized carbons (Fsp3) is 0.720. The molecule has 3 N–H and O–H groups in total. The third kappa shape index (κ3) is 4.55. The molecule has 0 bridgehead atoms. The van der Waals surface area contributed by atoms with Crippen molar-refractivity contribution in [1.82, 2.24) is 9.88 Å². The Kier molecular flexibility index (Phi) is 7.01. The lowest BCUT2D eigenvalue weighted by Crippen LogP contribution is -2.57. The van der Waals surface area contributed by atoms with Gasteiger partial charge in [0.1, 0.15) is 0 Å². The number of terminal acetylenes is 1. The number of aliphatic hydroxyl groups is 2. The normalized spacial score (nSPS) is 31.2. The molecule has 182 valence electrons. The predicted molar refractivity (Wildman–Crippen MR) is 130 cm³/mol. The predicted octanol–water partition coefficient (Wildman–Crippen LogP) is 3.02. The fourth-order valence-corrected chi connectivity index (χ4v) is 6.60. The zero-order valence-corrected chi connectivity index (χ0v) is 21.4. The Morgan fingerprint density at radius 3 is 2.61 bits per heavy atom. The van der Waals surface area contributed by atoms with Crippen molar-refractivity contribution in [3.8, 4) is 12.3 Å². The van der Waals surface area contributed by atoms with Gasteiger partial charge in [-0.1, -0.05) is 40.5 Å². The van der Waals surface area contributed by atoms with E-state index in [0.29, 0.717) is 18.0 Å². The molecule has 1 heterocycles. The second kappa shape index (κ2) is 9.01. The Hall–Kier alpha value is -1.95. The molecule has 7 nitrogen and oxygen atoms in total. The Morgan fingerprint density at radius 1 is 1.36 bits per heavy atom. The second-order valence-corrected chi connectivity index (χ2v) is 12.3. The van der Waals surface area contributed by atoms with Gasteiger partial charge in [0.25, 0.3) is 0 Å². The van der Waals surface area contributed by atoms with Crippen LogP contribution in [0.25, 0.3) is 0 Å². The highest BCUT2D eigenvalue weighted by atomic mass is 32.1. The average molecular weight is 476 g/mol. The maximum absolute atomic E-state index is 13.1. The van der Waals surface area contributed by atoms with E-state index in [2.05, 4.69) is 18.2 Å². The first-order valence-corrected chi connectivity index (χ1v) is 12.4. The van der Waals surface area contributed by atoms with Gasteiger partial charge < -0.3 is 20.4 Å². The van der Waals surface area contributed by atoms with Gasteiger partial charge in [-0.3, -0.25) is 9.59 Å².